The van der Waals surface area contributed by atoms with Gasteiger partial charge in [-0.3, -0.25) is 27.6 Å². The molecule has 0 aliphatic carbocycles. The Morgan fingerprint density at radius 1 is 0.473 bits per heavy atom. The minimum atomic E-state index is -1.28. The van der Waals surface area contributed by atoms with Crippen molar-refractivity contribution >= 4 is 80.3 Å². The first kappa shape index (κ1) is 84.5. The first-order valence-electron chi connectivity index (χ1n) is 38.7. The lowest BCUT2D eigenvalue weighted by Crippen LogP contribution is -2.40. The Morgan fingerprint density at radius 3 is 1.18 bits per heavy atom. The quantitative estimate of drug-likeness (QED) is 0.0267. The number of anilines is 4. The number of carbonyl (C=O) groups is 4. The van der Waals surface area contributed by atoms with Gasteiger partial charge in [0.25, 0.3) is 11.8 Å². The van der Waals surface area contributed by atoms with Crippen molar-refractivity contribution in [3.05, 3.63) is 190 Å². The van der Waals surface area contributed by atoms with E-state index >= 15 is 0 Å². The number of aryl methyl sites for hydroxylation is 4. The number of aliphatic carboxylic acids is 2. The van der Waals surface area contributed by atoms with Crippen LogP contribution in [-0.4, -0.2) is 127 Å². The van der Waals surface area contributed by atoms with E-state index in [1.165, 1.54) is 0 Å². The molecule has 0 fully saturated rings. The lowest BCUT2D eigenvalue weighted by Gasteiger charge is -2.34. The molecule has 22 heteroatoms. The van der Waals surface area contributed by atoms with Crippen molar-refractivity contribution in [2.24, 2.45) is 10.8 Å². The number of hydrogen-bond acceptors (Lipinski definition) is 14. The number of nitrogens with one attached hydrogen (secondary N) is 2. The second-order valence-electron chi connectivity index (χ2n) is 29.6. The first-order valence-corrected chi connectivity index (χ1v) is 41.4. The number of amides is 2. The topological polar surface area (TPSA) is 246 Å². The summed E-state index contributed by atoms with van der Waals surface area (Å²) >= 11 is 0. The lowest BCUT2D eigenvalue weighted by atomic mass is 9.91. The molecule has 8 aromatic rings. The van der Waals surface area contributed by atoms with E-state index in [2.05, 4.69) is 79.4 Å². The highest BCUT2D eigenvalue weighted by Gasteiger charge is 2.34. The number of unbranched alkanes of at least 4 members (excludes halogenated alkanes) is 2. The molecule has 0 radical (unpaired) electrons. The Hall–Kier alpha value is -9.48. The largest absolute Gasteiger partial charge is 0.491 e. The van der Waals surface area contributed by atoms with Gasteiger partial charge in [-0.05, 0) is 249 Å². The average molecular weight is 1540 g/mol. The van der Waals surface area contributed by atoms with Crippen molar-refractivity contribution < 1.29 is 56.8 Å². The smallest absolute Gasteiger partial charge is 0.310 e. The van der Waals surface area contributed by atoms with Gasteiger partial charge in [0.2, 0.25) is 0 Å². The van der Waals surface area contributed by atoms with Crippen molar-refractivity contribution in [1.29, 1.82) is 0 Å². The van der Waals surface area contributed by atoms with E-state index < -0.39 is 44.4 Å². The van der Waals surface area contributed by atoms with Gasteiger partial charge < -0.3 is 58.7 Å². The summed E-state index contributed by atoms with van der Waals surface area (Å²) in [5, 5.41) is 26.0. The molecule has 20 nitrogen and oxygen atoms in total. The maximum absolute atomic E-state index is 13.8. The van der Waals surface area contributed by atoms with Crippen molar-refractivity contribution in [3.63, 3.8) is 0 Å². The molecule has 0 spiro atoms. The Balaban J connectivity index is 0.000000253. The monoisotopic (exact) mass is 1540 g/mol. The van der Waals surface area contributed by atoms with Gasteiger partial charge in [-0.2, -0.15) is 0 Å². The fraction of sp³-hybridized carbons (Fsp3) is 0.432. The summed E-state index contributed by atoms with van der Waals surface area (Å²) in [6, 6.07) is 42.5. The molecule has 2 aromatic heterocycles. The molecule has 4 heterocycles. The molecule has 2 aliphatic heterocycles. The van der Waals surface area contributed by atoms with Crippen molar-refractivity contribution in [2.75, 3.05) is 86.3 Å². The summed E-state index contributed by atoms with van der Waals surface area (Å²) in [5.74, 6) is 2.00. The number of aromatic nitrogens is 4. The Labute approximate surface area is 655 Å². The van der Waals surface area contributed by atoms with E-state index in [1.807, 2.05) is 137 Å². The summed E-state index contributed by atoms with van der Waals surface area (Å²) in [6.07, 6.45) is 12.4. The van der Waals surface area contributed by atoms with E-state index in [0.29, 0.717) is 122 Å². The summed E-state index contributed by atoms with van der Waals surface area (Å²) < 4.78 is 54.1. The van der Waals surface area contributed by atoms with Crippen LogP contribution >= 0.6 is 0 Å². The second-order valence-corrected chi connectivity index (χ2v) is 32.5. The highest BCUT2D eigenvalue weighted by molar-refractivity contribution is 7.84. The number of nitrogens with zero attached hydrogens (tertiary/aromatic N) is 6. The van der Waals surface area contributed by atoms with Crippen LogP contribution in [0.25, 0.3) is 34.4 Å². The van der Waals surface area contributed by atoms with Crippen LogP contribution in [0.5, 0.6) is 11.5 Å². The van der Waals surface area contributed by atoms with Crippen molar-refractivity contribution in [1.82, 2.24) is 19.1 Å². The predicted octanol–water partition coefficient (Wildman–Crippen LogP) is 17.6. The van der Waals surface area contributed by atoms with Crippen LogP contribution in [-0.2, 0) is 74.8 Å². The maximum Gasteiger partial charge on any atom is 0.310 e. The van der Waals surface area contributed by atoms with Gasteiger partial charge in [-0.1, -0.05) is 76.9 Å². The lowest BCUT2D eigenvalue weighted by molar-refractivity contribution is -0.147. The van der Waals surface area contributed by atoms with Gasteiger partial charge in [0, 0.05) is 96.2 Å². The highest BCUT2D eigenvalue weighted by Crippen LogP contribution is 2.38. The molecule has 0 saturated carbocycles. The number of imidazole rings is 2. The number of hydrogen-bond donors (Lipinski definition) is 4. The van der Waals surface area contributed by atoms with Gasteiger partial charge in [0.05, 0.1) is 79.9 Å². The SMILES string of the molecule is CCCCOCCOc1ccc(-c2ccc3c(c2)/C=C(/C(=O)Nc2ccc(S(=O)Cc4c(C)nc(C)n4CCC)cc2)CCCN3CC(C)(C)C(=O)O)cc1.CCCCOCCOc1ccc(-c2ccc3c(c2)/C=C(/C(=O)Nc2ccc([S@@](=O)Cc4c(C)nc(C)n4CCC)cc2)CCCN3CC(C)(C)C(=O)O)cc1. The maximum atomic E-state index is 13.8. The Bertz CT molecular complexity index is 4260. The number of carboxylic acid groups (broad SMARTS) is 2. The normalized spacial score (nSPS) is 14.7. The third-order valence-corrected chi connectivity index (χ3v) is 22.5. The summed E-state index contributed by atoms with van der Waals surface area (Å²) in [6.45, 7) is 30.4. The fourth-order valence-electron chi connectivity index (χ4n) is 13.5. The van der Waals surface area contributed by atoms with Crippen LogP contribution in [0.3, 0.4) is 0 Å². The van der Waals surface area contributed by atoms with Gasteiger partial charge >= 0.3 is 11.9 Å². The third kappa shape index (κ3) is 23.3. The van der Waals surface area contributed by atoms with Crippen LogP contribution in [0.15, 0.2) is 154 Å². The van der Waals surface area contributed by atoms with Crippen LogP contribution in [0.4, 0.5) is 22.7 Å². The van der Waals surface area contributed by atoms with Crippen LogP contribution in [0.1, 0.15) is 165 Å². The molecular formula is C88H112N8O12S2. The van der Waals surface area contributed by atoms with E-state index in [4.69, 9.17) is 18.9 Å². The molecule has 588 valence electrons. The number of ether oxygens (including phenoxy) is 4. The molecule has 0 bridgehead atoms. The second kappa shape index (κ2) is 40.5. The Kier molecular flexibility index (Phi) is 31.1. The molecule has 2 atom stereocenters. The average Bonchev–Trinajstić information content (AvgIpc) is 1.15. The minimum Gasteiger partial charge on any atom is -0.491 e. The van der Waals surface area contributed by atoms with Gasteiger partial charge in [-0.15, -0.1) is 0 Å². The predicted molar refractivity (Wildman–Crippen MR) is 442 cm³/mol. The first-order chi connectivity index (χ1) is 52.8. The molecule has 10 rings (SSSR count). The standard InChI is InChI=1S/2C44H56N4O6S/c2*1-7-9-24-53-25-26-54-38-17-12-33(13-18-38)34-14-21-40-36(27-34)28-35(11-10-23-47(40)30-44(5,6)43(50)51)42(49)46-37-15-19-39(20-16-37)55(52)29-41-31(3)45-32(4)48(41)22-8-2/h2*12-21,27-28H,7-11,22-26,29-30H2,1-6H3,(H,46,49)(H,50,51)/b2*35-28+/t55-;/m0./s1. The summed E-state index contributed by atoms with van der Waals surface area (Å²) in [7, 11) is -2.55. The van der Waals surface area contributed by atoms with E-state index in [0.717, 1.165) is 156 Å². The molecule has 6 aromatic carbocycles. The summed E-state index contributed by atoms with van der Waals surface area (Å²) in [5.41, 5.74) is 11.7. The molecule has 4 N–H and O–H groups in total. The van der Waals surface area contributed by atoms with Crippen molar-refractivity contribution in [2.45, 2.75) is 182 Å². The zero-order valence-corrected chi connectivity index (χ0v) is 67.9. The van der Waals surface area contributed by atoms with Gasteiger partial charge in [0.15, 0.2) is 0 Å². The van der Waals surface area contributed by atoms with Gasteiger partial charge in [0.1, 0.15) is 36.4 Å². The number of carboxylic acids is 2. The molecule has 2 amide bonds. The summed E-state index contributed by atoms with van der Waals surface area (Å²) in [4.78, 5) is 66.7. The zero-order valence-electron chi connectivity index (χ0n) is 66.3. The minimum absolute atomic E-state index is 0.209. The number of rotatable bonds is 36. The van der Waals surface area contributed by atoms with Crippen LogP contribution in [0.2, 0.25) is 0 Å². The van der Waals surface area contributed by atoms with Crippen molar-refractivity contribution in [3.8, 4) is 33.8 Å². The molecule has 2 aliphatic rings. The molecule has 1 unspecified atom stereocenters. The van der Waals surface area contributed by atoms with Crippen LogP contribution in [0, 0.1) is 38.5 Å². The molecular weight excluding hydrogens is 1430 g/mol. The van der Waals surface area contributed by atoms with E-state index in [9.17, 15) is 37.8 Å². The number of benzene rings is 6. The molecule has 0 saturated heterocycles. The van der Waals surface area contributed by atoms with E-state index in [-0.39, 0.29) is 11.8 Å². The number of carbonyl (C=O) groups excluding carboxylic acids is 2. The zero-order chi connectivity index (χ0) is 79.1. The highest BCUT2D eigenvalue weighted by atomic mass is 32.2. The number of fused-ring (bicyclic) bond motifs is 2. The molecule has 110 heavy (non-hydrogen) atoms. The van der Waals surface area contributed by atoms with Gasteiger partial charge in [-0.25, -0.2) is 9.97 Å². The fourth-order valence-corrected chi connectivity index (χ4v) is 15.9. The van der Waals surface area contributed by atoms with E-state index in [1.54, 1.807) is 52.0 Å². The van der Waals surface area contributed by atoms with Crippen LogP contribution < -0.4 is 29.9 Å². The Morgan fingerprint density at radius 2 is 0.836 bits per heavy atom. The third-order valence-electron chi connectivity index (χ3n) is 19.8.